The van der Waals surface area contributed by atoms with Crippen molar-refractivity contribution >= 4 is 5.97 Å². The smallest absolute Gasteiger partial charge is 0.323 e. The van der Waals surface area contributed by atoms with Crippen LogP contribution < -0.4 is 5.73 Å². The zero-order chi connectivity index (χ0) is 10.2. The third kappa shape index (κ3) is 1.53. The van der Waals surface area contributed by atoms with E-state index in [9.17, 15) is 4.79 Å². The Morgan fingerprint density at radius 1 is 1.29 bits per heavy atom. The molecule has 2 fully saturated rings. The normalized spacial score (nSPS) is 36.1. The minimum Gasteiger partial charge on any atom is -0.480 e. The average Bonchev–Trinajstić information content (AvgIpc) is 2.53. The maximum atomic E-state index is 11.0. The van der Waals surface area contributed by atoms with Crippen LogP contribution in [-0.4, -0.2) is 28.8 Å². The Hall–Kier alpha value is -0.610. The standard InChI is InChI=1S/C10H17NO3/c11-10(8(12)13)5-6-14-9(7-10)3-1-2-4-9/h1-7,11H2,(H,12,13). The van der Waals surface area contributed by atoms with Gasteiger partial charge in [-0.2, -0.15) is 0 Å². The van der Waals surface area contributed by atoms with Crippen LogP contribution >= 0.6 is 0 Å². The largest absolute Gasteiger partial charge is 0.480 e. The molecular weight excluding hydrogens is 182 g/mol. The van der Waals surface area contributed by atoms with Gasteiger partial charge in [0.15, 0.2) is 0 Å². The van der Waals surface area contributed by atoms with Gasteiger partial charge < -0.3 is 15.6 Å². The fraction of sp³-hybridized carbons (Fsp3) is 0.900. The second-order valence-electron chi connectivity index (χ2n) is 4.63. The molecule has 1 atom stereocenters. The van der Waals surface area contributed by atoms with Crippen LogP contribution in [0.2, 0.25) is 0 Å². The quantitative estimate of drug-likeness (QED) is 0.658. The van der Waals surface area contributed by atoms with E-state index < -0.39 is 11.5 Å². The van der Waals surface area contributed by atoms with Gasteiger partial charge in [0.05, 0.1) is 5.60 Å². The van der Waals surface area contributed by atoms with E-state index in [1.165, 1.54) is 0 Å². The monoisotopic (exact) mass is 199 g/mol. The molecule has 1 unspecified atom stereocenters. The third-order valence-corrected chi connectivity index (χ3v) is 3.53. The first-order valence-corrected chi connectivity index (χ1v) is 5.23. The fourth-order valence-electron chi connectivity index (χ4n) is 2.69. The van der Waals surface area contributed by atoms with E-state index in [1.807, 2.05) is 0 Å². The Labute approximate surface area is 83.4 Å². The first kappa shape index (κ1) is 9.93. The molecule has 0 radical (unpaired) electrons. The van der Waals surface area contributed by atoms with Crippen molar-refractivity contribution in [1.29, 1.82) is 0 Å². The lowest BCUT2D eigenvalue weighted by Crippen LogP contribution is -2.57. The van der Waals surface area contributed by atoms with Gasteiger partial charge >= 0.3 is 5.97 Å². The molecule has 0 aromatic carbocycles. The highest BCUT2D eigenvalue weighted by atomic mass is 16.5. The summed E-state index contributed by atoms with van der Waals surface area (Å²) in [5.41, 5.74) is 4.61. The van der Waals surface area contributed by atoms with Crippen molar-refractivity contribution < 1.29 is 14.6 Å². The highest BCUT2D eigenvalue weighted by Crippen LogP contribution is 2.42. The summed E-state index contributed by atoms with van der Waals surface area (Å²) in [7, 11) is 0. The first-order valence-electron chi connectivity index (χ1n) is 5.23. The molecule has 4 nitrogen and oxygen atoms in total. The van der Waals surface area contributed by atoms with Crippen LogP contribution in [0.1, 0.15) is 38.5 Å². The van der Waals surface area contributed by atoms with Gasteiger partial charge in [0, 0.05) is 13.0 Å². The molecule has 4 heteroatoms. The van der Waals surface area contributed by atoms with Crippen LogP contribution in [0.4, 0.5) is 0 Å². The molecule has 0 amide bonds. The molecule has 0 aromatic rings. The number of carboxylic acid groups (broad SMARTS) is 1. The second kappa shape index (κ2) is 3.21. The van der Waals surface area contributed by atoms with Gasteiger partial charge in [0.2, 0.25) is 0 Å². The zero-order valence-corrected chi connectivity index (χ0v) is 8.29. The summed E-state index contributed by atoms with van der Waals surface area (Å²) in [4.78, 5) is 11.0. The molecule has 0 aromatic heterocycles. The van der Waals surface area contributed by atoms with E-state index in [0.29, 0.717) is 19.4 Å². The molecule has 2 rings (SSSR count). The van der Waals surface area contributed by atoms with Crippen LogP contribution in [0.5, 0.6) is 0 Å². The second-order valence-corrected chi connectivity index (χ2v) is 4.63. The van der Waals surface area contributed by atoms with Crippen LogP contribution in [-0.2, 0) is 9.53 Å². The Morgan fingerprint density at radius 3 is 2.50 bits per heavy atom. The van der Waals surface area contributed by atoms with E-state index in [2.05, 4.69) is 0 Å². The van der Waals surface area contributed by atoms with Gasteiger partial charge in [0.25, 0.3) is 0 Å². The maximum absolute atomic E-state index is 11.0. The fourth-order valence-corrected chi connectivity index (χ4v) is 2.69. The molecule has 2 aliphatic rings. The Morgan fingerprint density at radius 2 is 1.93 bits per heavy atom. The van der Waals surface area contributed by atoms with Gasteiger partial charge in [-0.1, -0.05) is 12.8 Å². The minimum absolute atomic E-state index is 0.217. The number of aliphatic carboxylic acids is 1. The molecular formula is C10H17NO3. The van der Waals surface area contributed by atoms with Crippen molar-refractivity contribution in [3.8, 4) is 0 Å². The molecule has 1 spiro atoms. The molecule has 80 valence electrons. The summed E-state index contributed by atoms with van der Waals surface area (Å²) in [5, 5.41) is 9.06. The van der Waals surface area contributed by atoms with Crippen molar-refractivity contribution in [2.45, 2.75) is 49.7 Å². The van der Waals surface area contributed by atoms with Crippen LogP contribution in [0, 0.1) is 0 Å². The van der Waals surface area contributed by atoms with E-state index in [0.717, 1.165) is 25.7 Å². The summed E-state index contributed by atoms with van der Waals surface area (Å²) in [6, 6.07) is 0. The molecule has 1 aliphatic carbocycles. The topological polar surface area (TPSA) is 72.6 Å². The molecule has 0 bridgehead atoms. The highest BCUT2D eigenvalue weighted by molar-refractivity contribution is 5.78. The van der Waals surface area contributed by atoms with Crippen LogP contribution in [0.3, 0.4) is 0 Å². The Bertz CT molecular complexity index is 248. The zero-order valence-electron chi connectivity index (χ0n) is 8.29. The number of carbonyl (C=O) groups is 1. The summed E-state index contributed by atoms with van der Waals surface area (Å²) >= 11 is 0. The Kier molecular flexibility index (Phi) is 2.27. The summed E-state index contributed by atoms with van der Waals surface area (Å²) < 4.78 is 5.73. The molecule has 1 aliphatic heterocycles. The van der Waals surface area contributed by atoms with E-state index >= 15 is 0 Å². The maximum Gasteiger partial charge on any atom is 0.323 e. The number of carboxylic acids is 1. The van der Waals surface area contributed by atoms with E-state index in [-0.39, 0.29) is 5.60 Å². The lowest BCUT2D eigenvalue weighted by molar-refractivity contribution is -0.157. The lowest BCUT2D eigenvalue weighted by Gasteiger charge is -2.41. The van der Waals surface area contributed by atoms with Crippen molar-refractivity contribution in [3.05, 3.63) is 0 Å². The number of ether oxygens (including phenoxy) is 1. The van der Waals surface area contributed by atoms with Gasteiger partial charge in [-0.05, 0) is 19.3 Å². The molecule has 3 N–H and O–H groups in total. The van der Waals surface area contributed by atoms with Gasteiger partial charge in [0.1, 0.15) is 5.54 Å². The number of nitrogens with two attached hydrogens (primary N) is 1. The minimum atomic E-state index is -1.05. The molecule has 1 heterocycles. The molecule has 1 saturated heterocycles. The van der Waals surface area contributed by atoms with Crippen molar-refractivity contribution in [2.75, 3.05) is 6.61 Å². The predicted octanol–water partition coefficient (Wildman–Crippen LogP) is 0.892. The van der Waals surface area contributed by atoms with Crippen molar-refractivity contribution in [2.24, 2.45) is 5.73 Å². The predicted molar refractivity (Wildman–Crippen MR) is 50.9 cm³/mol. The van der Waals surface area contributed by atoms with Gasteiger partial charge in [-0.15, -0.1) is 0 Å². The molecule has 1 saturated carbocycles. The Balaban J connectivity index is 2.14. The number of rotatable bonds is 1. The van der Waals surface area contributed by atoms with Crippen molar-refractivity contribution in [1.82, 2.24) is 0 Å². The third-order valence-electron chi connectivity index (χ3n) is 3.53. The highest BCUT2D eigenvalue weighted by Gasteiger charge is 2.49. The summed E-state index contributed by atoms with van der Waals surface area (Å²) in [6.07, 6.45) is 5.13. The van der Waals surface area contributed by atoms with Crippen molar-refractivity contribution in [3.63, 3.8) is 0 Å². The SMILES string of the molecule is NC1(C(=O)O)CCOC2(CCCC2)C1. The van der Waals surface area contributed by atoms with Crippen LogP contribution in [0.15, 0.2) is 0 Å². The first-order chi connectivity index (χ1) is 6.56. The summed E-state index contributed by atoms with van der Waals surface area (Å²) in [5.74, 6) is -0.882. The number of hydrogen-bond acceptors (Lipinski definition) is 3. The van der Waals surface area contributed by atoms with Crippen LogP contribution in [0.25, 0.3) is 0 Å². The molecule has 14 heavy (non-hydrogen) atoms. The van der Waals surface area contributed by atoms with E-state index in [1.54, 1.807) is 0 Å². The van der Waals surface area contributed by atoms with E-state index in [4.69, 9.17) is 15.6 Å². The summed E-state index contributed by atoms with van der Waals surface area (Å²) in [6.45, 7) is 0.489. The average molecular weight is 199 g/mol. The lowest BCUT2D eigenvalue weighted by atomic mass is 9.79. The van der Waals surface area contributed by atoms with Gasteiger partial charge in [-0.3, -0.25) is 4.79 Å². The number of hydrogen-bond donors (Lipinski definition) is 2. The van der Waals surface area contributed by atoms with Gasteiger partial charge in [-0.25, -0.2) is 0 Å².